The summed E-state index contributed by atoms with van der Waals surface area (Å²) in [5.74, 6) is 0.531. The smallest absolute Gasteiger partial charge is 0.181 e. The van der Waals surface area contributed by atoms with Crippen LogP contribution in [0.1, 0.15) is 22.9 Å². The summed E-state index contributed by atoms with van der Waals surface area (Å²) in [5, 5.41) is 11.7. The monoisotopic (exact) mass is 370 g/mol. The summed E-state index contributed by atoms with van der Waals surface area (Å²) in [7, 11) is 1.55. The van der Waals surface area contributed by atoms with Crippen LogP contribution < -0.4 is 4.74 Å². The van der Waals surface area contributed by atoms with Gasteiger partial charge < -0.3 is 14.6 Å². The van der Waals surface area contributed by atoms with E-state index in [9.17, 15) is 5.11 Å². The fourth-order valence-electron chi connectivity index (χ4n) is 3.60. The van der Waals surface area contributed by atoms with Crippen molar-refractivity contribution in [2.45, 2.75) is 24.7 Å². The molecule has 0 fully saturated rings. The summed E-state index contributed by atoms with van der Waals surface area (Å²) in [6.45, 7) is 5.75. The van der Waals surface area contributed by atoms with Gasteiger partial charge in [-0.05, 0) is 18.6 Å². The number of aliphatic hydroxyl groups excluding tert-OH is 1. The number of benzene rings is 1. The number of rotatable bonds is 3. The number of ether oxygens (including phenoxy) is 2. The Morgan fingerprint density at radius 2 is 2.08 bits per heavy atom. The Labute approximate surface area is 156 Å². The predicted octanol–water partition coefficient (Wildman–Crippen LogP) is 3.82. The maximum Gasteiger partial charge on any atom is 0.181 e. The molecule has 4 rings (SSSR count). The van der Waals surface area contributed by atoms with Crippen LogP contribution in [0.25, 0.3) is 5.65 Å². The molecule has 0 aliphatic carbocycles. The van der Waals surface area contributed by atoms with Gasteiger partial charge in [-0.1, -0.05) is 54.6 Å². The highest BCUT2D eigenvalue weighted by atomic mass is 35.5. The van der Waals surface area contributed by atoms with Gasteiger partial charge in [0, 0.05) is 18.9 Å². The molecule has 3 aromatic rings. The zero-order chi connectivity index (χ0) is 18.5. The van der Waals surface area contributed by atoms with Gasteiger partial charge in [0.25, 0.3) is 0 Å². The normalized spacial score (nSPS) is 24.9. The van der Waals surface area contributed by atoms with Crippen LogP contribution in [0.5, 0.6) is 5.75 Å². The van der Waals surface area contributed by atoms with E-state index in [4.69, 9.17) is 21.1 Å². The largest absolute Gasteiger partial charge is 0.479 e. The molecule has 1 N–H and O–H groups in total. The van der Waals surface area contributed by atoms with Gasteiger partial charge in [0.15, 0.2) is 17.5 Å². The van der Waals surface area contributed by atoms with Crippen LogP contribution in [-0.2, 0) is 10.3 Å². The van der Waals surface area contributed by atoms with Crippen LogP contribution in [0.4, 0.5) is 0 Å². The number of halogens is 1. The molecule has 1 aliphatic rings. The molecule has 134 valence electrons. The summed E-state index contributed by atoms with van der Waals surface area (Å²) in [5.41, 5.74) is 1.67. The number of hydrogen-bond donors (Lipinski definition) is 1. The Kier molecular flexibility index (Phi) is 4.03. The Morgan fingerprint density at radius 1 is 1.35 bits per heavy atom. The minimum atomic E-state index is -1.12. The third-order valence-electron chi connectivity index (χ3n) is 5.01. The molecular formula is C20H19ClN2O3. The highest BCUT2D eigenvalue weighted by Gasteiger charge is 2.50. The van der Waals surface area contributed by atoms with Gasteiger partial charge in [-0.3, -0.25) is 4.40 Å². The van der Waals surface area contributed by atoms with Crippen molar-refractivity contribution in [3.05, 3.63) is 77.2 Å². The second-order valence-electron chi connectivity index (χ2n) is 6.34. The van der Waals surface area contributed by atoms with Crippen molar-refractivity contribution in [3.63, 3.8) is 0 Å². The van der Waals surface area contributed by atoms with E-state index in [0.29, 0.717) is 27.8 Å². The quantitative estimate of drug-likeness (QED) is 0.712. The molecule has 0 saturated heterocycles. The van der Waals surface area contributed by atoms with Gasteiger partial charge in [-0.2, -0.15) is 0 Å². The number of aryl methyl sites for hydroxylation is 1. The topological polar surface area (TPSA) is 56.0 Å². The van der Waals surface area contributed by atoms with E-state index in [1.54, 1.807) is 23.8 Å². The molecule has 0 amide bonds. The Bertz CT molecular complexity index is 986. The van der Waals surface area contributed by atoms with Crippen molar-refractivity contribution in [2.24, 2.45) is 0 Å². The summed E-state index contributed by atoms with van der Waals surface area (Å²) in [6.07, 6.45) is 1.80. The number of fused-ring (bicyclic) bond motifs is 3. The standard InChI is InChI=1S/C20H19ClN2O3/c1-4-20(25-3)14-10-11-23-18(21)12(2)22-19(23)16(14)26-15(17(20)24)13-8-6-5-7-9-13/h4-11,15,17,24H,1H2,2-3H3/t15-,17?,20?/m1/s1. The van der Waals surface area contributed by atoms with Gasteiger partial charge in [0.05, 0.1) is 5.69 Å². The van der Waals surface area contributed by atoms with E-state index < -0.39 is 17.8 Å². The summed E-state index contributed by atoms with van der Waals surface area (Å²) < 4.78 is 13.8. The zero-order valence-corrected chi connectivity index (χ0v) is 15.3. The third-order valence-corrected chi connectivity index (χ3v) is 5.47. The number of aliphatic hydroxyl groups is 1. The molecule has 26 heavy (non-hydrogen) atoms. The van der Waals surface area contributed by atoms with Crippen molar-refractivity contribution in [1.29, 1.82) is 0 Å². The molecule has 1 aliphatic heterocycles. The molecule has 0 spiro atoms. The maximum absolute atomic E-state index is 11.1. The van der Waals surface area contributed by atoms with E-state index in [1.165, 1.54) is 0 Å². The highest BCUT2D eigenvalue weighted by molar-refractivity contribution is 6.30. The number of aromatic nitrogens is 2. The van der Waals surface area contributed by atoms with E-state index >= 15 is 0 Å². The number of methoxy groups -OCH3 is 1. The summed E-state index contributed by atoms with van der Waals surface area (Å²) in [4.78, 5) is 4.55. The van der Waals surface area contributed by atoms with Crippen molar-refractivity contribution in [1.82, 2.24) is 9.38 Å². The van der Waals surface area contributed by atoms with Crippen LogP contribution >= 0.6 is 11.6 Å². The number of hydrogen-bond acceptors (Lipinski definition) is 4. The number of pyridine rings is 1. The first-order valence-corrected chi connectivity index (χ1v) is 8.67. The SMILES string of the molecule is C=CC1(OC)c2ccn3c(Cl)c(C)nc3c2O[C@H](c2ccccc2)C1O. The van der Waals surface area contributed by atoms with Crippen LogP contribution in [-0.4, -0.2) is 27.7 Å². The Balaban J connectivity index is 2.01. The lowest BCUT2D eigenvalue weighted by molar-refractivity contribution is -0.133. The van der Waals surface area contributed by atoms with Gasteiger partial charge in [0.2, 0.25) is 0 Å². The molecule has 5 nitrogen and oxygen atoms in total. The lowest BCUT2D eigenvalue weighted by atomic mass is 9.81. The molecule has 0 saturated carbocycles. The lowest BCUT2D eigenvalue weighted by Crippen LogP contribution is -2.48. The minimum absolute atomic E-state index is 0.524. The van der Waals surface area contributed by atoms with E-state index in [2.05, 4.69) is 11.6 Å². The molecule has 2 unspecified atom stereocenters. The molecule has 0 bridgehead atoms. The van der Waals surface area contributed by atoms with Crippen LogP contribution in [0.15, 0.2) is 55.3 Å². The van der Waals surface area contributed by atoms with Gasteiger partial charge in [0.1, 0.15) is 16.9 Å². The first-order chi connectivity index (χ1) is 12.5. The van der Waals surface area contributed by atoms with E-state index in [0.717, 1.165) is 5.56 Å². The van der Waals surface area contributed by atoms with Gasteiger partial charge in [-0.25, -0.2) is 4.98 Å². The molecule has 2 aromatic heterocycles. The Morgan fingerprint density at radius 3 is 2.73 bits per heavy atom. The second-order valence-corrected chi connectivity index (χ2v) is 6.69. The number of nitrogens with zero attached hydrogens (tertiary/aromatic N) is 2. The fourth-order valence-corrected chi connectivity index (χ4v) is 3.78. The van der Waals surface area contributed by atoms with Crippen LogP contribution in [0.2, 0.25) is 5.15 Å². The molecular weight excluding hydrogens is 352 g/mol. The predicted molar refractivity (Wildman–Crippen MR) is 99.6 cm³/mol. The molecule has 3 atom stereocenters. The molecule has 6 heteroatoms. The first kappa shape index (κ1) is 17.1. The maximum atomic E-state index is 11.1. The summed E-state index contributed by atoms with van der Waals surface area (Å²) in [6, 6.07) is 11.4. The van der Waals surface area contributed by atoms with Crippen molar-refractivity contribution < 1.29 is 14.6 Å². The zero-order valence-electron chi connectivity index (χ0n) is 14.5. The average Bonchev–Trinajstić information content (AvgIpc) is 2.97. The summed E-state index contributed by atoms with van der Waals surface area (Å²) >= 11 is 6.35. The minimum Gasteiger partial charge on any atom is -0.479 e. The van der Waals surface area contributed by atoms with E-state index in [1.807, 2.05) is 43.3 Å². The van der Waals surface area contributed by atoms with Crippen molar-refractivity contribution >= 4 is 17.2 Å². The molecule has 0 radical (unpaired) electrons. The second kappa shape index (κ2) is 6.13. The first-order valence-electron chi connectivity index (χ1n) is 8.29. The van der Waals surface area contributed by atoms with Crippen molar-refractivity contribution in [3.8, 4) is 5.75 Å². The highest BCUT2D eigenvalue weighted by Crippen LogP contribution is 2.49. The third kappa shape index (κ3) is 2.21. The average molecular weight is 371 g/mol. The number of imidazole rings is 1. The van der Waals surface area contributed by atoms with Gasteiger partial charge >= 0.3 is 0 Å². The molecule has 1 aromatic carbocycles. The molecule has 3 heterocycles. The Hall–Kier alpha value is -2.34. The van der Waals surface area contributed by atoms with Crippen molar-refractivity contribution in [2.75, 3.05) is 7.11 Å². The van der Waals surface area contributed by atoms with Crippen LogP contribution in [0, 0.1) is 6.92 Å². The fraction of sp³-hybridized carbons (Fsp3) is 0.250. The van der Waals surface area contributed by atoms with E-state index in [-0.39, 0.29) is 0 Å². The van der Waals surface area contributed by atoms with Gasteiger partial charge in [-0.15, -0.1) is 0 Å². The van der Waals surface area contributed by atoms with Crippen LogP contribution in [0.3, 0.4) is 0 Å². The lowest BCUT2D eigenvalue weighted by Gasteiger charge is -2.43.